The number of nitrogens with zero attached hydrogens (tertiary/aromatic N) is 2. The van der Waals surface area contributed by atoms with Crippen LogP contribution in [-0.4, -0.2) is 16.7 Å². The van der Waals surface area contributed by atoms with Crippen molar-refractivity contribution in [3.63, 3.8) is 0 Å². The lowest BCUT2D eigenvalue weighted by Crippen LogP contribution is -2.20. The second-order valence-corrected chi connectivity index (χ2v) is 8.90. The van der Waals surface area contributed by atoms with Crippen molar-refractivity contribution in [3.8, 4) is 28.2 Å². The minimum absolute atomic E-state index is 0.229. The van der Waals surface area contributed by atoms with Gasteiger partial charge in [-0.25, -0.2) is 5.43 Å². The third kappa shape index (κ3) is 5.99. The number of amides is 1. The van der Waals surface area contributed by atoms with Crippen molar-refractivity contribution in [2.45, 2.75) is 12.6 Å². The SMILES string of the molecule is O=C(Cc1cccc(C(F)(F)F)c1)N/N=C/c1cc(-c2ccccc2)n(-c2ccccc2)c1-c1ccccc1. The van der Waals surface area contributed by atoms with Gasteiger partial charge in [-0.05, 0) is 41.0 Å². The van der Waals surface area contributed by atoms with E-state index in [1.807, 2.05) is 97.1 Å². The van der Waals surface area contributed by atoms with Crippen LogP contribution >= 0.6 is 0 Å². The molecule has 7 heteroatoms. The molecule has 194 valence electrons. The minimum Gasteiger partial charge on any atom is -0.309 e. The Morgan fingerprint density at radius 3 is 2.03 bits per heavy atom. The number of aromatic nitrogens is 1. The number of alkyl halides is 3. The number of hydrogen-bond acceptors (Lipinski definition) is 2. The van der Waals surface area contributed by atoms with Gasteiger partial charge in [-0.1, -0.05) is 97.1 Å². The zero-order valence-corrected chi connectivity index (χ0v) is 20.8. The Morgan fingerprint density at radius 2 is 1.38 bits per heavy atom. The van der Waals surface area contributed by atoms with E-state index in [0.717, 1.165) is 45.9 Å². The fourth-order valence-corrected chi connectivity index (χ4v) is 4.44. The number of hydrogen-bond donors (Lipinski definition) is 1. The van der Waals surface area contributed by atoms with Crippen LogP contribution in [0.2, 0.25) is 0 Å². The van der Waals surface area contributed by atoms with E-state index in [2.05, 4.69) is 15.1 Å². The molecule has 4 nitrogen and oxygen atoms in total. The van der Waals surface area contributed by atoms with Gasteiger partial charge in [-0.3, -0.25) is 4.79 Å². The maximum absolute atomic E-state index is 13.0. The number of rotatable bonds is 7. The molecule has 1 N–H and O–H groups in total. The Balaban J connectivity index is 1.50. The molecule has 0 spiro atoms. The molecule has 0 aliphatic rings. The van der Waals surface area contributed by atoms with Crippen molar-refractivity contribution in [3.05, 3.63) is 138 Å². The van der Waals surface area contributed by atoms with E-state index >= 15 is 0 Å². The Morgan fingerprint density at radius 1 is 0.769 bits per heavy atom. The van der Waals surface area contributed by atoms with Crippen molar-refractivity contribution in [2.75, 3.05) is 0 Å². The summed E-state index contributed by atoms with van der Waals surface area (Å²) in [5, 5.41) is 4.18. The Kier molecular flexibility index (Phi) is 7.41. The summed E-state index contributed by atoms with van der Waals surface area (Å²) in [4.78, 5) is 12.5. The van der Waals surface area contributed by atoms with Gasteiger partial charge in [-0.15, -0.1) is 0 Å². The lowest BCUT2D eigenvalue weighted by Gasteiger charge is -2.15. The van der Waals surface area contributed by atoms with Gasteiger partial charge in [0.15, 0.2) is 0 Å². The van der Waals surface area contributed by atoms with E-state index in [0.29, 0.717) is 0 Å². The topological polar surface area (TPSA) is 46.4 Å². The minimum atomic E-state index is -4.47. The van der Waals surface area contributed by atoms with Gasteiger partial charge in [0.2, 0.25) is 5.91 Å². The summed E-state index contributed by atoms with van der Waals surface area (Å²) in [7, 11) is 0. The first-order valence-corrected chi connectivity index (χ1v) is 12.3. The highest BCUT2D eigenvalue weighted by Gasteiger charge is 2.30. The molecule has 39 heavy (non-hydrogen) atoms. The normalized spacial score (nSPS) is 11.6. The number of carbonyl (C=O) groups excluding carboxylic acids is 1. The highest BCUT2D eigenvalue weighted by atomic mass is 19.4. The van der Waals surface area contributed by atoms with E-state index in [1.54, 1.807) is 6.21 Å². The van der Waals surface area contributed by atoms with Crippen LogP contribution in [0.5, 0.6) is 0 Å². The van der Waals surface area contributed by atoms with Gasteiger partial charge in [0.05, 0.1) is 29.6 Å². The highest BCUT2D eigenvalue weighted by molar-refractivity contribution is 5.94. The molecule has 1 heterocycles. The van der Waals surface area contributed by atoms with Crippen LogP contribution in [0.4, 0.5) is 13.2 Å². The highest BCUT2D eigenvalue weighted by Crippen LogP contribution is 2.35. The van der Waals surface area contributed by atoms with Crippen LogP contribution in [0.25, 0.3) is 28.2 Å². The van der Waals surface area contributed by atoms with Crippen molar-refractivity contribution in [1.29, 1.82) is 0 Å². The van der Waals surface area contributed by atoms with Crippen LogP contribution in [-0.2, 0) is 17.4 Å². The molecule has 0 saturated heterocycles. The summed E-state index contributed by atoms with van der Waals surface area (Å²) < 4.78 is 41.2. The summed E-state index contributed by atoms with van der Waals surface area (Å²) in [5.74, 6) is -0.516. The molecular formula is C32H24F3N3O. The zero-order valence-electron chi connectivity index (χ0n) is 20.8. The first-order chi connectivity index (χ1) is 18.9. The number of benzene rings is 4. The monoisotopic (exact) mass is 523 g/mol. The second-order valence-electron chi connectivity index (χ2n) is 8.90. The van der Waals surface area contributed by atoms with Gasteiger partial charge >= 0.3 is 6.18 Å². The Hall–Kier alpha value is -4.91. The molecule has 1 amide bonds. The summed E-state index contributed by atoms with van der Waals surface area (Å²) in [6.45, 7) is 0. The van der Waals surface area contributed by atoms with Crippen molar-refractivity contribution < 1.29 is 18.0 Å². The van der Waals surface area contributed by atoms with Crippen molar-refractivity contribution in [2.24, 2.45) is 5.10 Å². The Labute approximate surface area is 224 Å². The van der Waals surface area contributed by atoms with Crippen molar-refractivity contribution in [1.82, 2.24) is 9.99 Å². The first kappa shape index (κ1) is 25.7. The summed E-state index contributed by atoms with van der Waals surface area (Å²) in [6.07, 6.45) is -3.13. The van der Waals surface area contributed by atoms with Crippen LogP contribution in [0.3, 0.4) is 0 Å². The van der Waals surface area contributed by atoms with E-state index < -0.39 is 17.6 Å². The maximum atomic E-state index is 13.0. The maximum Gasteiger partial charge on any atom is 0.416 e. The van der Waals surface area contributed by atoms with E-state index in [4.69, 9.17) is 0 Å². The third-order valence-electron chi connectivity index (χ3n) is 6.17. The molecule has 0 saturated carbocycles. The van der Waals surface area contributed by atoms with Crippen LogP contribution < -0.4 is 5.43 Å². The predicted octanol–water partition coefficient (Wildman–Crippen LogP) is 7.52. The molecule has 0 fully saturated rings. The number of halogens is 3. The lowest BCUT2D eigenvalue weighted by molar-refractivity contribution is -0.137. The van der Waals surface area contributed by atoms with E-state index in [1.165, 1.54) is 12.1 Å². The third-order valence-corrected chi connectivity index (χ3v) is 6.17. The molecule has 0 bridgehead atoms. The molecule has 0 radical (unpaired) electrons. The van der Waals surface area contributed by atoms with Crippen LogP contribution in [0.15, 0.2) is 126 Å². The van der Waals surface area contributed by atoms with Crippen LogP contribution in [0, 0.1) is 0 Å². The molecule has 0 aliphatic heterocycles. The summed E-state index contributed by atoms with van der Waals surface area (Å²) in [5.41, 5.74) is 7.45. The first-order valence-electron chi connectivity index (χ1n) is 12.3. The van der Waals surface area contributed by atoms with E-state index in [-0.39, 0.29) is 12.0 Å². The average molecular weight is 524 g/mol. The summed E-state index contributed by atoms with van der Waals surface area (Å²) in [6, 6.07) is 36.5. The molecule has 5 aromatic rings. The van der Waals surface area contributed by atoms with Gasteiger partial charge < -0.3 is 4.57 Å². The molecular weight excluding hydrogens is 499 g/mol. The molecule has 1 aromatic heterocycles. The van der Waals surface area contributed by atoms with Gasteiger partial charge in [0.1, 0.15) is 0 Å². The van der Waals surface area contributed by atoms with Gasteiger partial charge in [0, 0.05) is 11.3 Å². The molecule has 0 unspecified atom stereocenters. The smallest absolute Gasteiger partial charge is 0.309 e. The molecule has 5 rings (SSSR count). The fraction of sp³-hybridized carbons (Fsp3) is 0.0625. The van der Waals surface area contributed by atoms with Gasteiger partial charge in [0.25, 0.3) is 0 Å². The summed E-state index contributed by atoms with van der Waals surface area (Å²) >= 11 is 0. The zero-order chi connectivity index (χ0) is 27.2. The van der Waals surface area contributed by atoms with Crippen LogP contribution in [0.1, 0.15) is 16.7 Å². The second kappa shape index (κ2) is 11.2. The lowest BCUT2D eigenvalue weighted by atomic mass is 10.1. The standard InChI is InChI=1S/C32H24F3N3O/c33-32(34,35)27-16-10-11-23(19-27)20-30(39)37-36-22-26-21-29(24-12-4-1-5-13-24)38(28-17-8-3-9-18-28)31(26)25-14-6-2-7-15-25/h1-19,21-22H,20H2,(H,37,39)/b36-22+. The number of hydrazone groups is 1. The fourth-order valence-electron chi connectivity index (χ4n) is 4.44. The number of carbonyl (C=O) groups is 1. The Bertz CT molecular complexity index is 1590. The quantitative estimate of drug-likeness (QED) is 0.174. The average Bonchev–Trinajstić information content (AvgIpc) is 3.33. The number of para-hydroxylation sites is 1. The molecule has 4 aromatic carbocycles. The largest absolute Gasteiger partial charge is 0.416 e. The predicted molar refractivity (Wildman–Crippen MR) is 148 cm³/mol. The van der Waals surface area contributed by atoms with E-state index in [9.17, 15) is 18.0 Å². The molecule has 0 aliphatic carbocycles. The van der Waals surface area contributed by atoms with Crippen molar-refractivity contribution >= 4 is 12.1 Å². The van der Waals surface area contributed by atoms with Gasteiger partial charge in [-0.2, -0.15) is 18.3 Å². The molecule has 0 atom stereocenters. The number of nitrogens with one attached hydrogen (secondary N) is 1.